The number of carbonyl (C=O) groups excluding carboxylic acids is 1. The smallest absolute Gasteiger partial charge is 0.250 e. The fourth-order valence-corrected chi connectivity index (χ4v) is 2.46. The second-order valence-electron chi connectivity index (χ2n) is 4.83. The van der Waals surface area contributed by atoms with Crippen LogP contribution in [0.1, 0.15) is 11.1 Å². The number of phenols is 1. The van der Waals surface area contributed by atoms with Gasteiger partial charge in [-0.25, -0.2) is 5.43 Å². The summed E-state index contributed by atoms with van der Waals surface area (Å²) in [5.41, 5.74) is 4.37. The highest BCUT2D eigenvalue weighted by molar-refractivity contribution is 8.00. The summed E-state index contributed by atoms with van der Waals surface area (Å²) in [7, 11) is 1.47. The number of hydrazone groups is 1. The first-order chi connectivity index (χ1) is 11.1. The monoisotopic (exact) mass is 330 g/mol. The Morgan fingerprint density at radius 3 is 2.74 bits per heavy atom. The van der Waals surface area contributed by atoms with Gasteiger partial charge in [0.05, 0.1) is 19.1 Å². The van der Waals surface area contributed by atoms with E-state index in [9.17, 15) is 9.90 Å². The normalized spacial score (nSPS) is 10.7. The summed E-state index contributed by atoms with van der Waals surface area (Å²) in [6.07, 6.45) is 1.50. The molecule has 5 nitrogen and oxygen atoms in total. The average Bonchev–Trinajstić information content (AvgIpc) is 2.56. The first-order valence-corrected chi connectivity index (χ1v) is 7.95. The van der Waals surface area contributed by atoms with Crippen molar-refractivity contribution in [1.82, 2.24) is 5.43 Å². The van der Waals surface area contributed by atoms with Crippen LogP contribution in [0.2, 0.25) is 0 Å². The van der Waals surface area contributed by atoms with Gasteiger partial charge in [-0.3, -0.25) is 4.79 Å². The van der Waals surface area contributed by atoms with Crippen molar-refractivity contribution in [3.8, 4) is 11.5 Å². The summed E-state index contributed by atoms with van der Waals surface area (Å²) in [5.74, 6) is 0.523. The van der Waals surface area contributed by atoms with Crippen molar-refractivity contribution in [2.75, 3.05) is 12.9 Å². The van der Waals surface area contributed by atoms with Crippen LogP contribution in [0, 0.1) is 6.92 Å². The predicted octanol–water partition coefficient (Wildman–Crippen LogP) is 2.95. The van der Waals surface area contributed by atoms with E-state index in [-0.39, 0.29) is 11.7 Å². The molecule has 120 valence electrons. The largest absolute Gasteiger partial charge is 0.504 e. The van der Waals surface area contributed by atoms with E-state index in [0.29, 0.717) is 17.1 Å². The highest BCUT2D eigenvalue weighted by Gasteiger charge is 2.03. The lowest BCUT2D eigenvalue weighted by Crippen LogP contribution is -2.19. The molecule has 0 fully saturated rings. The lowest BCUT2D eigenvalue weighted by Gasteiger charge is -2.04. The molecule has 0 aromatic heterocycles. The van der Waals surface area contributed by atoms with E-state index in [2.05, 4.69) is 10.5 Å². The number of ether oxygens (including phenoxy) is 1. The van der Waals surface area contributed by atoms with Crippen molar-refractivity contribution in [2.24, 2.45) is 5.10 Å². The van der Waals surface area contributed by atoms with Crippen molar-refractivity contribution in [3.05, 3.63) is 53.6 Å². The number of rotatable bonds is 6. The number of hydrogen-bond donors (Lipinski definition) is 2. The maximum Gasteiger partial charge on any atom is 0.250 e. The van der Waals surface area contributed by atoms with Crippen LogP contribution in [0.15, 0.2) is 52.5 Å². The number of methoxy groups -OCH3 is 1. The van der Waals surface area contributed by atoms with Gasteiger partial charge in [0.1, 0.15) is 0 Å². The fourth-order valence-electron chi connectivity index (χ4n) is 1.77. The molecule has 0 saturated heterocycles. The summed E-state index contributed by atoms with van der Waals surface area (Å²) in [4.78, 5) is 12.8. The number of benzene rings is 2. The minimum Gasteiger partial charge on any atom is -0.504 e. The van der Waals surface area contributed by atoms with E-state index in [1.54, 1.807) is 12.1 Å². The zero-order chi connectivity index (χ0) is 16.7. The number of carbonyl (C=O) groups is 1. The molecule has 2 aromatic carbocycles. The third kappa shape index (κ3) is 5.34. The Hall–Kier alpha value is -2.47. The summed E-state index contributed by atoms with van der Waals surface area (Å²) < 4.78 is 5.01. The third-order valence-electron chi connectivity index (χ3n) is 3.00. The molecule has 0 heterocycles. The molecule has 0 unspecified atom stereocenters. The minimum atomic E-state index is -0.183. The molecule has 1 amide bonds. The first kappa shape index (κ1) is 16.9. The Kier molecular flexibility index (Phi) is 6.05. The summed E-state index contributed by atoms with van der Waals surface area (Å²) in [5, 5.41) is 13.4. The lowest BCUT2D eigenvalue weighted by atomic mass is 10.2. The Labute approximate surface area is 139 Å². The van der Waals surface area contributed by atoms with Gasteiger partial charge in [0.15, 0.2) is 11.5 Å². The standard InChI is InChI=1S/C17H18N2O3S/c1-12-3-6-14(7-4-12)23-11-17(21)19-18-10-13-5-8-15(20)16(9-13)22-2/h3-10,20H,11H2,1-2H3,(H,19,21)/b18-10+. The summed E-state index contributed by atoms with van der Waals surface area (Å²) >= 11 is 1.45. The lowest BCUT2D eigenvalue weighted by molar-refractivity contribution is -0.118. The topological polar surface area (TPSA) is 70.9 Å². The maximum atomic E-state index is 11.7. The zero-order valence-corrected chi connectivity index (χ0v) is 13.8. The molecule has 2 N–H and O–H groups in total. The number of phenolic OH excluding ortho intramolecular Hbond substituents is 1. The Morgan fingerprint density at radius 1 is 1.30 bits per heavy atom. The van der Waals surface area contributed by atoms with E-state index >= 15 is 0 Å². The van der Waals surface area contributed by atoms with Gasteiger partial charge < -0.3 is 9.84 Å². The number of amides is 1. The first-order valence-electron chi connectivity index (χ1n) is 6.97. The van der Waals surface area contributed by atoms with Crippen LogP contribution in [0.5, 0.6) is 11.5 Å². The number of thioether (sulfide) groups is 1. The highest BCUT2D eigenvalue weighted by atomic mass is 32.2. The van der Waals surface area contributed by atoms with Gasteiger partial charge in [-0.2, -0.15) is 5.10 Å². The molecule has 6 heteroatoms. The van der Waals surface area contributed by atoms with Gasteiger partial charge in [0.2, 0.25) is 5.91 Å². The molecule has 0 bridgehead atoms. The predicted molar refractivity (Wildman–Crippen MR) is 92.3 cm³/mol. The summed E-state index contributed by atoms with van der Waals surface area (Å²) in [6, 6.07) is 12.8. The Balaban J connectivity index is 1.82. The molecular formula is C17H18N2O3S. The van der Waals surface area contributed by atoms with Crippen molar-refractivity contribution < 1.29 is 14.6 Å². The van der Waals surface area contributed by atoms with Crippen LogP contribution in [0.25, 0.3) is 0 Å². The van der Waals surface area contributed by atoms with Gasteiger partial charge in [-0.15, -0.1) is 11.8 Å². The molecule has 2 aromatic rings. The van der Waals surface area contributed by atoms with E-state index in [1.807, 2.05) is 31.2 Å². The van der Waals surface area contributed by atoms with Gasteiger partial charge in [-0.05, 0) is 42.8 Å². The van der Waals surface area contributed by atoms with E-state index < -0.39 is 0 Å². The average molecular weight is 330 g/mol. The molecule has 0 saturated carbocycles. The molecule has 0 aliphatic carbocycles. The molecule has 0 radical (unpaired) electrons. The molecule has 0 spiro atoms. The second kappa shape index (κ2) is 8.24. The van der Waals surface area contributed by atoms with Crippen LogP contribution in [-0.4, -0.2) is 30.1 Å². The second-order valence-corrected chi connectivity index (χ2v) is 5.87. The van der Waals surface area contributed by atoms with Gasteiger partial charge >= 0.3 is 0 Å². The van der Waals surface area contributed by atoms with Gasteiger partial charge in [0, 0.05) is 4.90 Å². The number of nitrogens with zero attached hydrogens (tertiary/aromatic N) is 1. The number of nitrogens with one attached hydrogen (secondary N) is 1. The number of hydrogen-bond acceptors (Lipinski definition) is 5. The van der Waals surface area contributed by atoms with E-state index in [1.165, 1.54) is 36.7 Å². The Morgan fingerprint density at radius 2 is 2.04 bits per heavy atom. The zero-order valence-electron chi connectivity index (χ0n) is 12.9. The van der Waals surface area contributed by atoms with Crippen LogP contribution in [0.4, 0.5) is 0 Å². The molecule has 23 heavy (non-hydrogen) atoms. The Bertz CT molecular complexity index is 699. The van der Waals surface area contributed by atoms with Crippen LogP contribution in [0.3, 0.4) is 0 Å². The van der Waals surface area contributed by atoms with Gasteiger partial charge in [0.25, 0.3) is 0 Å². The molecule has 2 rings (SSSR count). The van der Waals surface area contributed by atoms with Crippen LogP contribution < -0.4 is 10.2 Å². The number of aromatic hydroxyl groups is 1. The maximum absolute atomic E-state index is 11.7. The highest BCUT2D eigenvalue weighted by Crippen LogP contribution is 2.25. The van der Waals surface area contributed by atoms with E-state index in [0.717, 1.165) is 4.90 Å². The number of aryl methyl sites for hydroxylation is 1. The van der Waals surface area contributed by atoms with Crippen molar-refractivity contribution in [1.29, 1.82) is 0 Å². The van der Waals surface area contributed by atoms with Crippen LogP contribution in [-0.2, 0) is 4.79 Å². The van der Waals surface area contributed by atoms with Gasteiger partial charge in [-0.1, -0.05) is 17.7 Å². The minimum absolute atomic E-state index is 0.0585. The summed E-state index contributed by atoms with van der Waals surface area (Å²) in [6.45, 7) is 2.02. The molecule has 0 atom stereocenters. The van der Waals surface area contributed by atoms with Crippen molar-refractivity contribution >= 4 is 23.9 Å². The molecule has 0 aliphatic rings. The third-order valence-corrected chi connectivity index (χ3v) is 4.01. The van der Waals surface area contributed by atoms with E-state index in [4.69, 9.17) is 4.74 Å². The fraction of sp³-hybridized carbons (Fsp3) is 0.176. The molecule has 0 aliphatic heterocycles. The van der Waals surface area contributed by atoms with Crippen LogP contribution >= 0.6 is 11.8 Å². The SMILES string of the molecule is COc1cc(/C=N/NC(=O)CSc2ccc(C)cc2)ccc1O. The quantitative estimate of drug-likeness (QED) is 0.485. The van der Waals surface area contributed by atoms with Crippen molar-refractivity contribution in [2.45, 2.75) is 11.8 Å². The van der Waals surface area contributed by atoms with Crippen molar-refractivity contribution in [3.63, 3.8) is 0 Å². The molecular weight excluding hydrogens is 312 g/mol.